The summed E-state index contributed by atoms with van der Waals surface area (Å²) in [4.78, 5) is 6.67. The number of β-amino-alcohol motifs (C(OH)–C–C–N with tert-alkyl or cyclic N) is 1. The first-order valence-electron chi connectivity index (χ1n) is 9.19. The molecular weight excluding hydrogens is 343 g/mol. The molecule has 3 aromatic rings. The van der Waals surface area contributed by atoms with Crippen LogP contribution in [0.2, 0.25) is 0 Å². The Morgan fingerprint density at radius 3 is 2.78 bits per heavy atom. The van der Waals surface area contributed by atoms with E-state index in [1.165, 1.54) is 11.6 Å². The highest BCUT2D eigenvalue weighted by atomic mass is 19.1. The number of benzene rings is 1. The minimum atomic E-state index is -0.828. The Kier molecular flexibility index (Phi) is 4.76. The lowest BCUT2D eigenvalue weighted by molar-refractivity contribution is 0.116. The molecule has 1 aliphatic rings. The van der Waals surface area contributed by atoms with Gasteiger partial charge in [-0.15, -0.1) is 0 Å². The van der Waals surface area contributed by atoms with E-state index in [1.807, 2.05) is 30.5 Å². The Morgan fingerprint density at radius 2 is 2.04 bits per heavy atom. The Hall–Kier alpha value is -2.57. The number of nitrogens with zero attached hydrogens (tertiary/aromatic N) is 4. The molecule has 1 unspecified atom stereocenters. The molecule has 0 fully saturated rings. The average molecular weight is 366 g/mol. The number of aliphatic hydroxyl groups is 1. The molecule has 4 rings (SSSR count). The third kappa shape index (κ3) is 3.63. The summed E-state index contributed by atoms with van der Waals surface area (Å²) < 4.78 is 15.7. The molecule has 0 radical (unpaired) electrons. The smallest absolute Gasteiger partial charge is 0.156 e. The lowest BCUT2D eigenvalue weighted by Gasteiger charge is -2.28. The third-order valence-corrected chi connectivity index (χ3v) is 5.05. The van der Waals surface area contributed by atoms with Gasteiger partial charge in [-0.2, -0.15) is 5.10 Å². The van der Waals surface area contributed by atoms with Crippen LogP contribution >= 0.6 is 0 Å². The van der Waals surface area contributed by atoms with Gasteiger partial charge < -0.3 is 5.11 Å². The summed E-state index contributed by atoms with van der Waals surface area (Å²) in [6.07, 6.45) is 2.15. The maximum Gasteiger partial charge on any atom is 0.156 e. The van der Waals surface area contributed by atoms with Crippen molar-refractivity contribution >= 4 is 11.2 Å². The fraction of sp³-hybridized carbons (Fsp3) is 0.333. The van der Waals surface area contributed by atoms with Gasteiger partial charge in [-0.1, -0.05) is 24.3 Å². The molecule has 27 heavy (non-hydrogen) atoms. The maximum absolute atomic E-state index is 13.8. The summed E-state index contributed by atoms with van der Waals surface area (Å²) >= 11 is 0. The minimum absolute atomic E-state index is 0.351. The van der Waals surface area contributed by atoms with E-state index in [1.54, 1.807) is 18.2 Å². The van der Waals surface area contributed by atoms with E-state index < -0.39 is 6.10 Å². The lowest BCUT2D eigenvalue weighted by Crippen LogP contribution is -2.32. The summed E-state index contributed by atoms with van der Waals surface area (Å²) in [6.45, 7) is 5.93. The summed E-state index contributed by atoms with van der Waals surface area (Å²) in [5.41, 5.74) is 5.40. The maximum atomic E-state index is 13.8. The molecule has 0 amide bonds. The average Bonchev–Trinajstić information content (AvgIpc) is 3.07. The molecule has 2 aromatic heterocycles. The fourth-order valence-corrected chi connectivity index (χ4v) is 3.64. The monoisotopic (exact) mass is 366 g/mol. The second-order valence-corrected chi connectivity index (χ2v) is 7.11. The summed E-state index contributed by atoms with van der Waals surface area (Å²) in [5, 5.41) is 15.1. The SMILES string of the molecule is Cc1cc(C)n2nc(C3=CCN(CC(O)c4ccccc4F)CC3)cc2n1. The zero-order valence-electron chi connectivity index (χ0n) is 15.6. The Balaban J connectivity index is 1.47. The second-order valence-electron chi connectivity index (χ2n) is 7.11. The van der Waals surface area contributed by atoms with Crippen LogP contribution < -0.4 is 0 Å². The van der Waals surface area contributed by atoms with Crippen molar-refractivity contribution in [1.82, 2.24) is 19.5 Å². The van der Waals surface area contributed by atoms with Gasteiger partial charge in [-0.25, -0.2) is 13.9 Å². The highest BCUT2D eigenvalue weighted by Crippen LogP contribution is 2.25. The van der Waals surface area contributed by atoms with Gasteiger partial charge in [0.2, 0.25) is 0 Å². The van der Waals surface area contributed by atoms with Crippen LogP contribution in [-0.4, -0.2) is 44.2 Å². The first-order valence-corrected chi connectivity index (χ1v) is 9.19. The standard InChI is InChI=1S/C21H23FN4O/c1-14-11-15(2)26-21(23-14)12-19(24-26)16-7-9-25(10-8-16)13-20(27)17-5-3-4-6-18(17)22/h3-7,11-12,20,27H,8-10,13H2,1-2H3. The van der Waals surface area contributed by atoms with Gasteiger partial charge in [0.15, 0.2) is 5.65 Å². The number of fused-ring (bicyclic) bond motifs is 1. The largest absolute Gasteiger partial charge is 0.387 e. The van der Waals surface area contributed by atoms with Gasteiger partial charge in [-0.05, 0) is 38.0 Å². The number of aryl methyl sites for hydroxylation is 2. The van der Waals surface area contributed by atoms with E-state index in [0.717, 1.165) is 35.7 Å². The highest BCUT2D eigenvalue weighted by molar-refractivity contribution is 5.67. The van der Waals surface area contributed by atoms with E-state index in [2.05, 4.69) is 16.0 Å². The number of hydrogen-bond acceptors (Lipinski definition) is 4. The molecule has 0 saturated carbocycles. The van der Waals surface area contributed by atoms with Crippen LogP contribution in [0.25, 0.3) is 11.2 Å². The molecule has 1 aliphatic heterocycles. The van der Waals surface area contributed by atoms with Crippen molar-refractivity contribution in [1.29, 1.82) is 0 Å². The molecule has 1 atom stereocenters. The zero-order chi connectivity index (χ0) is 19.0. The molecule has 0 bridgehead atoms. The quantitative estimate of drug-likeness (QED) is 0.770. The van der Waals surface area contributed by atoms with Crippen LogP contribution in [0, 0.1) is 19.7 Å². The number of aliphatic hydroxyl groups excluding tert-OH is 1. The van der Waals surface area contributed by atoms with E-state index in [4.69, 9.17) is 5.10 Å². The third-order valence-electron chi connectivity index (χ3n) is 5.05. The molecule has 6 heteroatoms. The first kappa shape index (κ1) is 17.8. The Labute approximate surface area is 157 Å². The van der Waals surface area contributed by atoms with Crippen molar-refractivity contribution in [3.05, 3.63) is 70.9 Å². The van der Waals surface area contributed by atoms with Crippen LogP contribution in [0.4, 0.5) is 4.39 Å². The summed E-state index contributed by atoms with van der Waals surface area (Å²) in [6, 6.07) is 10.4. The van der Waals surface area contributed by atoms with Gasteiger partial charge in [0.05, 0.1) is 11.8 Å². The van der Waals surface area contributed by atoms with Crippen LogP contribution in [-0.2, 0) is 0 Å². The first-order chi connectivity index (χ1) is 13.0. The van der Waals surface area contributed by atoms with Crippen molar-refractivity contribution in [2.75, 3.05) is 19.6 Å². The van der Waals surface area contributed by atoms with Crippen molar-refractivity contribution in [3.8, 4) is 0 Å². The minimum Gasteiger partial charge on any atom is -0.387 e. The molecule has 140 valence electrons. The molecule has 3 heterocycles. The molecular formula is C21H23FN4O. The van der Waals surface area contributed by atoms with E-state index >= 15 is 0 Å². The molecule has 0 aliphatic carbocycles. The topological polar surface area (TPSA) is 53.7 Å². The van der Waals surface area contributed by atoms with Crippen LogP contribution in [0.5, 0.6) is 0 Å². The predicted molar refractivity (Wildman–Crippen MR) is 103 cm³/mol. The number of aromatic nitrogens is 3. The lowest BCUT2D eigenvalue weighted by atomic mass is 10.0. The summed E-state index contributed by atoms with van der Waals surface area (Å²) in [5.74, 6) is -0.360. The van der Waals surface area contributed by atoms with Crippen LogP contribution in [0.1, 0.15) is 35.2 Å². The fourth-order valence-electron chi connectivity index (χ4n) is 3.64. The van der Waals surface area contributed by atoms with E-state index in [-0.39, 0.29) is 5.82 Å². The highest BCUT2D eigenvalue weighted by Gasteiger charge is 2.20. The van der Waals surface area contributed by atoms with E-state index in [9.17, 15) is 9.50 Å². The molecule has 0 spiro atoms. The molecule has 5 nitrogen and oxygen atoms in total. The van der Waals surface area contributed by atoms with Crippen molar-refractivity contribution in [2.24, 2.45) is 0 Å². The van der Waals surface area contributed by atoms with Crippen molar-refractivity contribution < 1.29 is 9.50 Å². The van der Waals surface area contributed by atoms with Gasteiger partial charge in [0.25, 0.3) is 0 Å². The van der Waals surface area contributed by atoms with Crippen molar-refractivity contribution in [3.63, 3.8) is 0 Å². The number of hydrogen-bond donors (Lipinski definition) is 1. The number of halogens is 1. The normalized spacial score (nSPS) is 16.5. The predicted octanol–water partition coefficient (Wildman–Crippen LogP) is 3.31. The van der Waals surface area contributed by atoms with Gasteiger partial charge in [0, 0.05) is 42.7 Å². The van der Waals surface area contributed by atoms with Crippen LogP contribution in [0.15, 0.2) is 42.5 Å². The molecule has 0 saturated heterocycles. The van der Waals surface area contributed by atoms with Crippen LogP contribution in [0.3, 0.4) is 0 Å². The summed E-state index contributed by atoms with van der Waals surface area (Å²) in [7, 11) is 0. The van der Waals surface area contributed by atoms with Gasteiger partial charge >= 0.3 is 0 Å². The van der Waals surface area contributed by atoms with E-state index in [0.29, 0.717) is 18.7 Å². The Bertz CT molecular complexity index is 1010. The van der Waals surface area contributed by atoms with Gasteiger partial charge in [-0.3, -0.25) is 4.90 Å². The number of rotatable bonds is 4. The van der Waals surface area contributed by atoms with Gasteiger partial charge in [0.1, 0.15) is 5.82 Å². The van der Waals surface area contributed by atoms with Crippen molar-refractivity contribution in [2.45, 2.75) is 26.4 Å². The molecule has 1 N–H and O–H groups in total. The zero-order valence-corrected chi connectivity index (χ0v) is 15.6. The Morgan fingerprint density at radius 1 is 1.22 bits per heavy atom. The second kappa shape index (κ2) is 7.21. The molecule has 1 aromatic carbocycles.